The molecule has 0 radical (unpaired) electrons. The predicted molar refractivity (Wildman–Crippen MR) is 99.1 cm³/mol. The van der Waals surface area contributed by atoms with Gasteiger partial charge in [0.2, 0.25) is 5.95 Å². The molecule has 0 spiro atoms. The quantitative estimate of drug-likeness (QED) is 0.685. The molecule has 3 aromatic rings. The van der Waals surface area contributed by atoms with Crippen LogP contribution < -0.4 is 10.6 Å². The molecular weight excluding hydrogens is 391 g/mol. The van der Waals surface area contributed by atoms with Gasteiger partial charge in [-0.05, 0) is 31.9 Å². The Bertz CT molecular complexity index is 992. The lowest BCUT2D eigenvalue weighted by molar-refractivity contribution is -0.143. The lowest BCUT2D eigenvalue weighted by Crippen LogP contribution is -2.48. The third-order valence-corrected chi connectivity index (χ3v) is 5.59. The summed E-state index contributed by atoms with van der Waals surface area (Å²) < 4.78 is 39.4. The second-order valence-corrected chi connectivity index (χ2v) is 8.09. The summed E-state index contributed by atoms with van der Waals surface area (Å²) in [5, 5.41) is 0.328. The Hall–Kier alpha value is -2.40. The molecule has 28 heavy (non-hydrogen) atoms. The van der Waals surface area contributed by atoms with E-state index in [2.05, 4.69) is 29.8 Å². The molecular formula is C17H18F3N7S. The van der Waals surface area contributed by atoms with Gasteiger partial charge in [0.05, 0.1) is 6.20 Å². The molecule has 0 amide bonds. The first-order valence-electron chi connectivity index (χ1n) is 8.68. The zero-order valence-corrected chi connectivity index (χ0v) is 15.8. The molecule has 1 fully saturated rings. The van der Waals surface area contributed by atoms with Gasteiger partial charge < -0.3 is 15.6 Å². The number of piperidine rings is 1. The van der Waals surface area contributed by atoms with E-state index >= 15 is 0 Å². The minimum absolute atomic E-state index is 0.0262. The summed E-state index contributed by atoms with van der Waals surface area (Å²) in [4.78, 5) is 21.7. The first-order valence-corrected chi connectivity index (χ1v) is 9.50. The lowest BCUT2D eigenvalue weighted by atomic mass is 9.91. The van der Waals surface area contributed by atoms with Crippen molar-refractivity contribution in [1.82, 2.24) is 24.9 Å². The minimum atomic E-state index is -4.53. The maximum Gasteiger partial charge on any atom is 0.434 e. The highest BCUT2D eigenvalue weighted by molar-refractivity contribution is 7.99. The largest absolute Gasteiger partial charge is 0.434 e. The second kappa shape index (κ2) is 6.89. The average molecular weight is 409 g/mol. The number of aromatic nitrogens is 5. The van der Waals surface area contributed by atoms with E-state index < -0.39 is 11.9 Å². The van der Waals surface area contributed by atoms with E-state index in [4.69, 9.17) is 5.73 Å². The number of pyridine rings is 1. The number of aromatic amines is 1. The van der Waals surface area contributed by atoms with E-state index in [1.54, 1.807) is 0 Å². The molecule has 4 rings (SSSR count). The fraction of sp³-hybridized carbons (Fsp3) is 0.412. The van der Waals surface area contributed by atoms with Crippen LogP contribution in [-0.4, -0.2) is 43.5 Å². The Labute approximate surface area is 163 Å². The van der Waals surface area contributed by atoms with E-state index in [0.29, 0.717) is 22.3 Å². The van der Waals surface area contributed by atoms with Gasteiger partial charge in [-0.2, -0.15) is 18.2 Å². The number of hydrogen-bond donors (Lipinski definition) is 2. The number of rotatable bonds is 3. The summed E-state index contributed by atoms with van der Waals surface area (Å²) in [6.07, 6.45) is -0.319. The van der Waals surface area contributed by atoms with E-state index in [1.807, 2.05) is 6.92 Å². The third-order valence-electron chi connectivity index (χ3n) is 4.63. The van der Waals surface area contributed by atoms with Crippen molar-refractivity contribution in [3.8, 4) is 0 Å². The maximum absolute atomic E-state index is 13.1. The molecule has 0 unspecified atom stereocenters. The van der Waals surface area contributed by atoms with E-state index in [1.165, 1.54) is 18.3 Å². The summed E-state index contributed by atoms with van der Waals surface area (Å²) in [6, 6.07) is 2.82. The van der Waals surface area contributed by atoms with Crippen molar-refractivity contribution in [3.05, 3.63) is 30.2 Å². The molecule has 1 saturated heterocycles. The Morgan fingerprint density at radius 2 is 1.96 bits per heavy atom. The number of alkyl halides is 3. The Morgan fingerprint density at radius 1 is 1.21 bits per heavy atom. The molecule has 0 saturated carbocycles. The fourth-order valence-electron chi connectivity index (χ4n) is 2.99. The SMILES string of the molecule is CC1(N)CCN(c2nc3ncc(Sc4cccnc4C(F)(F)F)nc3[nH]2)CC1. The van der Waals surface area contributed by atoms with Crippen LogP contribution in [0.4, 0.5) is 19.1 Å². The van der Waals surface area contributed by atoms with E-state index in [-0.39, 0.29) is 10.4 Å². The van der Waals surface area contributed by atoms with Gasteiger partial charge in [0.1, 0.15) is 5.03 Å². The van der Waals surface area contributed by atoms with Crippen LogP contribution in [0.25, 0.3) is 11.3 Å². The molecule has 0 bridgehead atoms. The van der Waals surface area contributed by atoms with E-state index in [0.717, 1.165) is 43.9 Å². The summed E-state index contributed by atoms with van der Waals surface area (Å²) in [7, 11) is 0. The van der Waals surface area contributed by atoms with Crippen molar-refractivity contribution in [1.29, 1.82) is 0 Å². The van der Waals surface area contributed by atoms with Gasteiger partial charge in [0.25, 0.3) is 0 Å². The Balaban J connectivity index is 1.58. The standard InChI is InChI=1S/C17H18F3N7S/c1-16(21)4-7-27(8-5-16)15-25-13-14(26-15)24-11(9-23-13)28-10-3-2-6-22-12(10)17(18,19)20/h2-3,6,9H,4-5,7-8,21H2,1H3,(H,23,24,25,26). The molecule has 3 N–H and O–H groups in total. The summed E-state index contributed by atoms with van der Waals surface area (Å²) >= 11 is 0.866. The highest BCUT2D eigenvalue weighted by Gasteiger charge is 2.35. The molecule has 7 nitrogen and oxygen atoms in total. The number of nitrogens with zero attached hydrogens (tertiary/aromatic N) is 5. The molecule has 0 atom stereocenters. The van der Waals surface area contributed by atoms with Crippen LogP contribution in [0.2, 0.25) is 0 Å². The van der Waals surface area contributed by atoms with Crippen LogP contribution in [0, 0.1) is 0 Å². The average Bonchev–Trinajstić information content (AvgIpc) is 3.04. The van der Waals surface area contributed by atoms with E-state index in [9.17, 15) is 13.2 Å². The molecule has 148 valence electrons. The van der Waals surface area contributed by atoms with Crippen LogP contribution in [0.5, 0.6) is 0 Å². The Kier molecular flexibility index (Phi) is 4.66. The van der Waals surface area contributed by atoms with Gasteiger partial charge in [0, 0.05) is 29.7 Å². The first-order chi connectivity index (χ1) is 13.2. The van der Waals surface area contributed by atoms with Crippen LogP contribution in [0.15, 0.2) is 34.4 Å². The number of fused-ring (bicyclic) bond motifs is 1. The van der Waals surface area contributed by atoms with Crippen LogP contribution in [0.3, 0.4) is 0 Å². The van der Waals surface area contributed by atoms with Gasteiger partial charge in [-0.15, -0.1) is 0 Å². The summed E-state index contributed by atoms with van der Waals surface area (Å²) in [6.45, 7) is 3.56. The lowest BCUT2D eigenvalue weighted by Gasteiger charge is -2.36. The zero-order chi connectivity index (χ0) is 19.9. The molecule has 3 aromatic heterocycles. The van der Waals surface area contributed by atoms with Crippen molar-refractivity contribution in [2.45, 2.75) is 41.4 Å². The number of imidazole rings is 1. The topological polar surface area (TPSA) is 96.6 Å². The first kappa shape index (κ1) is 18.9. The molecule has 11 heteroatoms. The van der Waals surface area contributed by atoms with Crippen molar-refractivity contribution < 1.29 is 13.2 Å². The van der Waals surface area contributed by atoms with Crippen molar-refractivity contribution >= 4 is 29.0 Å². The highest BCUT2D eigenvalue weighted by Crippen LogP contribution is 2.37. The van der Waals surface area contributed by atoms with Gasteiger partial charge in [0.15, 0.2) is 17.0 Å². The number of nitrogens with two attached hydrogens (primary N) is 1. The van der Waals surface area contributed by atoms with Crippen molar-refractivity contribution in [2.75, 3.05) is 18.0 Å². The number of H-pyrrole nitrogens is 1. The normalized spacial score (nSPS) is 17.2. The zero-order valence-electron chi connectivity index (χ0n) is 15.0. The van der Waals surface area contributed by atoms with Gasteiger partial charge in [-0.25, -0.2) is 9.97 Å². The molecule has 0 aromatic carbocycles. The molecule has 4 heterocycles. The Morgan fingerprint density at radius 3 is 2.68 bits per heavy atom. The number of hydrogen-bond acceptors (Lipinski definition) is 7. The predicted octanol–water partition coefficient (Wildman–Crippen LogP) is 3.24. The van der Waals surface area contributed by atoms with Crippen LogP contribution in [0.1, 0.15) is 25.5 Å². The smallest absolute Gasteiger partial charge is 0.342 e. The summed E-state index contributed by atoms with van der Waals surface area (Å²) in [5.74, 6) is 0.644. The van der Waals surface area contributed by atoms with Gasteiger partial charge in [-0.3, -0.25) is 4.98 Å². The molecule has 1 aliphatic rings. The molecule has 0 aliphatic carbocycles. The maximum atomic E-state index is 13.1. The summed E-state index contributed by atoms with van der Waals surface area (Å²) in [5.41, 5.74) is 5.89. The van der Waals surface area contributed by atoms with Gasteiger partial charge in [-0.1, -0.05) is 11.8 Å². The highest BCUT2D eigenvalue weighted by atomic mass is 32.2. The number of halogens is 3. The number of anilines is 1. The fourth-order valence-corrected chi connectivity index (χ4v) is 3.87. The minimum Gasteiger partial charge on any atom is -0.342 e. The second-order valence-electron chi connectivity index (χ2n) is 7.03. The van der Waals surface area contributed by atoms with Crippen LogP contribution in [-0.2, 0) is 6.18 Å². The van der Waals surface area contributed by atoms with Crippen molar-refractivity contribution in [3.63, 3.8) is 0 Å². The van der Waals surface area contributed by atoms with Crippen LogP contribution >= 0.6 is 11.8 Å². The third kappa shape index (κ3) is 3.90. The van der Waals surface area contributed by atoms with Crippen molar-refractivity contribution in [2.24, 2.45) is 5.73 Å². The molecule has 1 aliphatic heterocycles. The number of nitrogens with one attached hydrogen (secondary N) is 1. The van der Waals surface area contributed by atoms with Gasteiger partial charge >= 0.3 is 6.18 Å². The monoisotopic (exact) mass is 409 g/mol.